The Kier molecular flexibility index (Phi) is 4.66. The zero-order chi connectivity index (χ0) is 15.5. The second-order valence-corrected chi connectivity index (χ2v) is 6.92. The van der Waals surface area contributed by atoms with Gasteiger partial charge in [0.05, 0.1) is 11.4 Å². The number of benzene rings is 1. The van der Waals surface area contributed by atoms with Crippen molar-refractivity contribution in [3.63, 3.8) is 0 Å². The molecule has 5 nitrogen and oxygen atoms in total. The minimum Gasteiger partial charge on any atom is -0.349 e. The highest BCUT2D eigenvalue weighted by atomic mass is 32.2. The third-order valence-electron chi connectivity index (χ3n) is 3.48. The Labute approximate surface area is 125 Å². The molecule has 0 spiro atoms. The van der Waals surface area contributed by atoms with Crippen molar-refractivity contribution in [3.05, 3.63) is 29.8 Å². The number of amides is 1. The fraction of sp³-hybridized carbons (Fsp3) is 0.400. The summed E-state index contributed by atoms with van der Waals surface area (Å²) in [5, 5.41) is 2.92. The second kappa shape index (κ2) is 6.29. The van der Waals surface area contributed by atoms with Gasteiger partial charge in [0.1, 0.15) is 0 Å². The lowest BCUT2D eigenvalue weighted by atomic mass is 10.1. The van der Waals surface area contributed by atoms with Crippen molar-refractivity contribution < 1.29 is 13.2 Å². The summed E-state index contributed by atoms with van der Waals surface area (Å²) in [6.45, 7) is 1.92. The van der Waals surface area contributed by atoms with Gasteiger partial charge in [-0.2, -0.15) is 4.72 Å². The zero-order valence-corrected chi connectivity index (χ0v) is 12.6. The van der Waals surface area contributed by atoms with Crippen molar-refractivity contribution in [3.8, 4) is 12.3 Å². The summed E-state index contributed by atoms with van der Waals surface area (Å²) in [4.78, 5) is 12.1. The molecular weight excluding hydrogens is 288 g/mol. The Morgan fingerprint density at radius 3 is 2.52 bits per heavy atom. The highest BCUT2D eigenvalue weighted by Crippen LogP contribution is 2.32. The number of terminal acetylenes is 1. The summed E-state index contributed by atoms with van der Waals surface area (Å²) < 4.78 is 25.9. The van der Waals surface area contributed by atoms with E-state index in [2.05, 4.69) is 16.0 Å². The van der Waals surface area contributed by atoms with Crippen LogP contribution >= 0.6 is 0 Å². The Balaban J connectivity index is 2.04. The van der Waals surface area contributed by atoms with Crippen LogP contribution in [0.2, 0.25) is 0 Å². The maximum absolute atomic E-state index is 12.0. The van der Waals surface area contributed by atoms with Gasteiger partial charge in [0.25, 0.3) is 5.91 Å². The molecule has 1 unspecified atom stereocenters. The van der Waals surface area contributed by atoms with Crippen LogP contribution in [0.25, 0.3) is 0 Å². The normalized spacial score (nSPS) is 16.0. The Hall–Kier alpha value is -1.84. The van der Waals surface area contributed by atoms with Crippen molar-refractivity contribution in [2.45, 2.75) is 30.7 Å². The zero-order valence-electron chi connectivity index (χ0n) is 11.8. The van der Waals surface area contributed by atoms with E-state index in [4.69, 9.17) is 6.42 Å². The molecule has 2 N–H and O–H groups in total. The number of carbonyl (C=O) groups excluding carboxylic acids is 1. The number of hydrogen-bond donors (Lipinski definition) is 2. The maximum Gasteiger partial charge on any atom is 0.251 e. The molecule has 1 aliphatic rings. The first-order chi connectivity index (χ1) is 9.94. The van der Waals surface area contributed by atoms with E-state index in [0.29, 0.717) is 11.5 Å². The number of nitrogens with one attached hydrogen (secondary N) is 2. The third-order valence-corrected chi connectivity index (χ3v) is 4.90. The molecule has 1 aromatic carbocycles. The molecule has 1 fully saturated rings. The molecule has 21 heavy (non-hydrogen) atoms. The van der Waals surface area contributed by atoms with Gasteiger partial charge in [-0.15, -0.1) is 6.42 Å². The van der Waals surface area contributed by atoms with Crippen molar-refractivity contribution in [1.82, 2.24) is 10.0 Å². The summed E-state index contributed by atoms with van der Waals surface area (Å²) >= 11 is 0. The van der Waals surface area contributed by atoms with Gasteiger partial charge in [0.2, 0.25) is 10.0 Å². The van der Waals surface area contributed by atoms with E-state index in [-0.39, 0.29) is 23.4 Å². The minimum atomic E-state index is -3.62. The van der Waals surface area contributed by atoms with Crippen LogP contribution < -0.4 is 10.0 Å². The molecule has 6 heteroatoms. The lowest BCUT2D eigenvalue weighted by Crippen LogP contribution is -2.34. The van der Waals surface area contributed by atoms with Crippen LogP contribution in [0.3, 0.4) is 0 Å². The van der Waals surface area contributed by atoms with Crippen LogP contribution in [-0.4, -0.2) is 26.9 Å². The fourth-order valence-electron chi connectivity index (χ4n) is 2.01. The molecule has 1 atom stereocenters. The summed E-state index contributed by atoms with van der Waals surface area (Å²) in [5.74, 6) is 2.59. The predicted octanol–water partition coefficient (Wildman–Crippen LogP) is 1.13. The van der Waals surface area contributed by atoms with E-state index >= 15 is 0 Å². The molecule has 0 radical (unpaired) electrons. The summed E-state index contributed by atoms with van der Waals surface area (Å²) in [6, 6.07) is 5.95. The van der Waals surface area contributed by atoms with Gasteiger partial charge in [0, 0.05) is 11.6 Å². The van der Waals surface area contributed by atoms with Crippen LogP contribution in [0.5, 0.6) is 0 Å². The topological polar surface area (TPSA) is 75.3 Å². The van der Waals surface area contributed by atoms with Crippen LogP contribution in [0.4, 0.5) is 0 Å². The second-order valence-electron chi connectivity index (χ2n) is 5.15. The summed E-state index contributed by atoms with van der Waals surface area (Å²) in [6.07, 6.45) is 7.33. The minimum absolute atomic E-state index is 0.0660. The van der Waals surface area contributed by atoms with E-state index in [1.807, 2.05) is 6.92 Å². The van der Waals surface area contributed by atoms with Gasteiger partial charge in [-0.05, 0) is 49.9 Å². The van der Waals surface area contributed by atoms with Crippen molar-refractivity contribution in [1.29, 1.82) is 0 Å². The molecule has 2 rings (SSSR count). The van der Waals surface area contributed by atoms with Crippen LogP contribution in [-0.2, 0) is 10.0 Å². The standard InChI is InChI=1S/C15H18N2O3S/c1-3-10-16-21(19,20)14-8-6-13(7-9-14)15(18)17-11(2)12-4-5-12/h1,6-9,11-12,16H,4-5,10H2,2H3,(H,17,18). The van der Waals surface area contributed by atoms with Gasteiger partial charge < -0.3 is 5.32 Å². The van der Waals surface area contributed by atoms with Crippen molar-refractivity contribution in [2.75, 3.05) is 6.54 Å². The van der Waals surface area contributed by atoms with Gasteiger partial charge in [0.15, 0.2) is 0 Å². The van der Waals surface area contributed by atoms with E-state index < -0.39 is 10.0 Å². The fourth-order valence-corrected chi connectivity index (χ4v) is 2.94. The van der Waals surface area contributed by atoms with Crippen molar-refractivity contribution >= 4 is 15.9 Å². The molecule has 0 bridgehead atoms. The maximum atomic E-state index is 12.0. The van der Waals surface area contributed by atoms with Gasteiger partial charge in [-0.25, -0.2) is 8.42 Å². The van der Waals surface area contributed by atoms with E-state index in [9.17, 15) is 13.2 Å². The molecule has 1 aromatic rings. The van der Waals surface area contributed by atoms with Crippen molar-refractivity contribution in [2.24, 2.45) is 5.92 Å². The number of carbonyl (C=O) groups is 1. The molecule has 0 aromatic heterocycles. The molecule has 112 valence electrons. The van der Waals surface area contributed by atoms with Gasteiger partial charge in [-0.3, -0.25) is 4.79 Å². The molecule has 0 aliphatic heterocycles. The lowest BCUT2D eigenvalue weighted by Gasteiger charge is -2.13. The third kappa shape index (κ3) is 4.06. The van der Waals surface area contributed by atoms with E-state index in [0.717, 1.165) is 12.8 Å². The average Bonchev–Trinajstić information content (AvgIpc) is 3.30. The first kappa shape index (κ1) is 15.5. The number of sulfonamides is 1. The first-order valence-electron chi connectivity index (χ1n) is 6.78. The molecule has 1 saturated carbocycles. The molecular formula is C15H18N2O3S. The predicted molar refractivity (Wildman–Crippen MR) is 80.1 cm³/mol. The molecule has 0 heterocycles. The largest absolute Gasteiger partial charge is 0.349 e. The van der Waals surface area contributed by atoms with Crippen LogP contribution in [0, 0.1) is 18.3 Å². The Morgan fingerprint density at radius 2 is 2.00 bits per heavy atom. The highest BCUT2D eigenvalue weighted by molar-refractivity contribution is 7.89. The molecule has 0 saturated heterocycles. The molecule has 1 amide bonds. The average molecular weight is 306 g/mol. The Morgan fingerprint density at radius 1 is 1.38 bits per heavy atom. The van der Waals surface area contributed by atoms with E-state index in [1.54, 1.807) is 0 Å². The van der Waals surface area contributed by atoms with Gasteiger partial charge >= 0.3 is 0 Å². The van der Waals surface area contributed by atoms with E-state index in [1.165, 1.54) is 24.3 Å². The van der Waals surface area contributed by atoms with Crippen LogP contribution in [0.15, 0.2) is 29.2 Å². The smallest absolute Gasteiger partial charge is 0.251 e. The Bertz CT molecular complexity index is 655. The quantitative estimate of drug-likeness (QED) is 0.774. The first-order valence-corrected chi connectivity index (χ1v) is 8.26. The van der Waals surface area contributed by atoms with Gasteiger partial charge in [-0.1, -0.05) is 5.92 Å². The number of hydrogen-bond acceptors (Lipinski definition) is 3. The molecule has 1 aliphatic carbocycles. The monoisotopic (exact) mass is 306 g/mol. The highest BCUT2D eigenvalue weighted by Gasteiger charge is 2.29. The number of rotatable bonds is 6. The SMILES string of the molecule is C#CCNS(=O)(=O)c1ccc(C(=O)NC(C)C2CC2)cc1. The summed E-state index contributed by atoms with van der Waals surface area (Å²) in [7, 11) is -3.62. The van der Waals surface area contributed by atoms with Crippen LogP contribution in [0.1, 0.15) is 30.1 Å². The lowest BCUT2D eigenvalue weighted by molar-refractivity contribution is 0.0935. The summed E-state index contributed by atoms with van der Waals surface area (Å²) in [5.41, 5.74) is 0.443.